The fraction of sp³-hybridized carbons (Fsp3) is 0.478. The third-order valence-corrected chi connectivity index (χ3v) is 5.84. The van der Waals surface area contributed by atoms with E-state index in [1.807, 2.05) is 12.1 Å². The number of H-pyrrole nitrogens is 1. The standard InChI is InChI=1S/C23H30FN7O/c1-15(2)9-17-10-20(24)22(23-26-28-29-27-23)21(11-17)31-8-7-30(16(3)13-31)14-18-12-19(32-4)5-6-25-18/h5-6,10-12,15-16H,7-9,13-14H2,1-4H3,(H,26,27,28,29)/t16-/m0/s1. The third kappa shape index (κ3) is 4.88. The second kappa shape index (κ2) is 9.60. The summed E-state index contributed by atoms with van der Waals surface area (Å²) in [6.07, 6.45) is 2.59. The molecule has 8 nitrogen and oxygen atoms in total. The van der Waals surface area contributed by atoms with E-state index < -0.39 is 0 Å². The van der Waals surface area contributed by atoms with Crippen molar-refractivity contribution in [2.24, 2.45) is 5.92 Å². The Kier molecular flexibility index (Phi) is 6.64. The van der Waals surface area contributed by atoms with Crippen LogP contribution in [0.15, 0.2) is 30.5 Å². The molecule has 0 radical (unpaired) electrons. The van der Waals surface area contributed by atoms with Gasteiger partial charge in [-0.1, -0.05) is 13.8 Å². The number of piperazine rings is 1. The zero-order chi connectivity index (χ0) is 22.7. The number of ether oxygens (including phenoxy) is 1. The summed E-state index contributed by atoms with van der Waals surface area (Å²) in [5.74, 6) is 1.22. The monoisotopic (exact) mass is 439 g/mol. The summed E-state index contributed by atoms with van der Waals surface area (Å²) in [7, 11) is 1.66. The summed E-state index contributed by atoms with van der Waals surface area (Å²) >= 11 is 0. The smallest absolute Gasteiger partial charge is 0.209 e. The van der Waals surface area contributed by atoms with Gasteiger partial charge in [0.05, 0.1) is 24.1 Å². The van der Waals surface area contributed by atoms with Gasteiger partial charge in [0, 0.05) is 44.5 Å². The zero-order valence-electron chi connectivity index (χ0n) is 19.0. The highest BCUT2D eigenvalue weighted by atomic mass is 19.1. The highest BCUT2D eigenvalue weighted by Gasteiger charge is 2.28. The topological polar surface area (TPSA) is 83.1 Å². The van der Waals surface area contributed by atoms with Crippen LogP contribution in [-0.4, -0.2) is 63.3 Å². The third-order valence-electron chi connectivity index (χ3n) is 5.84. The van der Waals surface area contributed by atoms with E-state index >= 15 is 4.39 Å². The molecule has 1 N–H and O–H groups in total. The second-order valence-corrected chi connectivity index (χ2v) is 8.76. The van der Waals surface area contributed by atoms with Crippen LogP contribution >= 0.6 is 0 Å². The maximum Gasteiger partial charge on any atom is 0.209 e. The first-order valence-corrected chi connectivity index (χ1v) is 11.0. The Bertz CT molecular complexity index is 1040. The molecular formula is C23H30FN7O. The highest BCUT2D eigenvalue weighted by Crippen LogP contribution is 2.34. The van der Waals surface area contributed by atoms with Gasteiger partial charge in [-0.05, 0) is 48.2 Å². The molecule has 0 unspecified atom stereocenters. The van der Waals surface area contributed by atoms with E-state index in [0.717, 1.165) is 55.3 Å². The van der Waals surface area contributed by atoms with E-state index in [2.05, 4.69) is 62.2 Å². The van der Waals surface area contributed by atoms with Crippen LogP contribution in [0.3, 0.4) is 0 Å². The van der Waals surface area contributed by atoms with Crippen LogP contribution in [0.4, 0.5) is 10.1 Å². The van der Waals surface area contributed by atoms with Crippen molar-refractivity contribution in [3.63, 3.8) is 0 Å². The molecule has 1 aromatic carbocycles. The quantitative estimate of drug-likeness (QED) is 0.605. The van der Waals surface area contributed by atoms with Crippen LogP contribution in [0.25, 0.3) is 11.4 Å². The average molecular weight is 440 g/mol. The van der Waals surface area contributed by atoms with E-state index in [1.54, 1.807) is 19.4 Å². The van der Waals surface area contributed by atoms with Crippen LogP contribution in [-0.2, 0) is 13.0 Å². The highest BCUT2D eigenvalue weighted by molar-refractivity contribution is 5.76. The first-order chi connectivity index (χ1) is 15.4. The number of nitrogens with one attached hydrogen (secondary N) is 1. The van der Waals surface area contributed by atoms with Crippen molar-refractivity contribution in [2.45, 2.75) is 39.8 Å². The summed E-state index contributed by atoms with van der Waals surface area (Å²) in [5.41, 5.74) is 3.19. The minimum atomic E-state index is -0.310. The van der Waals surface area contributed by atoms with Gasteiger partial charge in [0.1, 0.15) is 11.6 Å². The molecule has 3 aromatic rings. The van der Waals surface area contributed by atoms with Gasteiger partial charge in [-0.25, -0.2) is 4.39 Å². The number of aromatic amines is 1. The van der Waals surface area contributed by atoms with E-state index in [-0.39, 0.29) is 17.7 Å². The van der Waals surface area contributed by atoms with Crippen LogP contribution < -0.4 is 9.64 Å². The molecule has 0 bridgehead atoms. The largest absolute Gasteiger partial charge is 0.497 e. The van der Waals surface area contributed by atoms with Crippen molar-refractivity contribution in [2.75, 3.05) is 31.6 Å². The van der Waals surface area contributed by atoms with Crippen LogP contribution in [0, 0.1) is 11.7 Å². The number of halogens is 1. The Balaban J connectivity index is 1.58. The number of pyridine rings is 1. The maximum absolute atomic E-state index is 15.2. The average Bonchev–Trinajstić information content (AvgIpc) is 3.29. The molecule has 3 heterocycles. The molecule has 1 aliphatic heterocycles. The summed E-state index contributed by atoms with van der Waals surface area (Å²) in [6, 6.07) is 7.76. The number of benzene rings is 1. The molecule has 32 heavy (non-hydrogen) atoms. The number of nitrogens with zero attached hydrogens (tertiary/aromatic N) is 6. The Labute approximate surface area is 187 Å². The molecule has 9 heteroatoms. The molecule has 1 atom stereocenters. The van der Waals surface area contributed by atoms with Gasteiger partial charge in [0.2, 0.25) is 5.82 Å². The van der Waals surface area contributed by atoms with Gasteiger partial charge in [-0.3, -0.25) is 9.88 Å². The molecule has 1 aliphatic rings. The number of methoxy groups -OCH3 is 1. The normalized spacial score (nSPS) is 17.2. The van der Waals surface area contributed by atoms with Gasteiger partial charge in [-0.2, -0.15) is 5.21 Å². The summed E-state index contributed by atoms with van der Waals surface area (Å²) in [5, 5.41) is 14.2. The predicted molar refractivity (Wildman–Crippen MR) is 121 cm³/mol. The van der Waals surface area contributed by atoms with Gasteiger partial charge in [-0.15, -0.1) is 10.2 Å². The van der Waals surface area contributed by atoms with Crippen molar-refractivity contribution >= 4 is 5.69 Å². The lowest BCUT2D eigenvalue weighted by molar-refractivity contribution is 0.179. The lowest BCUT2D eigenvalue weighted by atomic mass is 9.98. The molecule has 0 saturated carbocycles. The van der Waals surface area contributed by atoms with Crippen LogP contribution in [0.1, 0.15) is 32.0 Å². The first kappa shape index (κ1) is 22.1. The van der Waals surface area contributed by atoms with Crippen molar-refractivity contribution in [3.05, 3.63) is 47.5 Å². The number of tetrazole rings is 1. The number of rotatable bonds is 7. The van der Waals surface area contributed by atoms with E-state index in [9.17, 15) is 0 Å². The fourth-order valence-corrected chi connectivity index (χ4v) is 4.30. The Morgan fingerprint density at radius 2 is 2.09 bits per heavy atom. The van der Waals surface area contributed by atoms with Gasteiger partial charge >= 0.3 is 0 Å². The second-order valence-electron chi connectivity index (χ2n) is 8.76. The van der Waals surface area contributed by atoms with E-state index in [0.29, 0.717) is 11.5 Å². The summed E-state index contributed by atoms with van der Waals surface area (Å²) in [4.78, 5) is 9.10. The molecular weight excluding hydrogens is 409 g/mol. The molecule has 4 rings (SSSR count). The molecule has 1 saturated heterocycles. The minimum Gasteiger partial charge on any atom is -0.497 e. The molecule has 1 fully saturated rings. The van der Waals surface area contributed by atoms with Crippen molar-refractivity contribution in [1.82, 2.24) is 30.5 Å². The van der Waals surface area contributed by atoms with Gasteiger partial charge < -0.3 is 9.64 Å². The Morgan fingerprint density at radius 3 is 2.78 bits per heavy atom. The zero-order valence-corrected chi connectivity index (χ0v) is 19.0. The lowest BCUT2D eigenvalue weighted by Gasteiger charge is -2.41. The predicted octanol–water partition coefficient (Wildman–Crippen LogP) is 3.32. The van der Waals surface area contributed by atoms with Crippen molar-refractivity contribution in [1.29, 1.82) is 0 Å². The molecule has 0 spiro atoms. The number of anilines is 1. The minimum absolute atomic E-state index is 0.256. The lowest BCUT2D eigenvalue weighted by Crippen LogP contribution is -2.51. The van der Waals surface area contributed by atoms with Crippen molar-refractivity contribution in [3.8, 4) is 17.1 Å². The molecule has 170 valence electrons. The van der Waals surface area contributed by atoms with Crippen LogP contribution in [0.2, 0.25) is 0 Å². The SMILES string of the molecule is COc1ccnc(CN2CCN(c3cc(CC(C)C)cc(F)c3-c3nn[nH]n3)C[C@@H]2C)c1. The Hall–Kier alpha value is -3.07. The van der Waals surface area contributed by atoms with E-state index in [4.69, 9.17) is 4.74 Å². The number of hydrogen-bond donors (Lipinski definition) is 1. The summed E-state index contributed by atoms with van der Waals surface area (Å²) < 4.78 is 20.6. The maximum atomic E-state index is 15.2. The number of aromatic nitrogens is 5. The van der Waals surface area contributed by atoms with E-state index in [1.165, 1.54) is 0 Å². The first-order valence-electron chi connectivity index (χ1n) is 11.0. The Morgan fingerprint density at radius 1 is 1.25 bits per heavy atom. The van der Waals surface area contributed by atoms with Crippen molar-refractivity contribution < 1.29 is 9.13 Å². The fourth-order valence-electron chi connectivity index (χ4n) is 4.30. The molecule has 0 amide bonds. The molecule has 0 aliphatic carbocycles. The molecule has 2 aromatic heterocycles. The number of hydrogen-bond acceptors (Lipinski definition) is 7. The van der Waals surface area contributed by atoms with Gasteiger partial charge in [0.15, 0.2) is 0 Å². The summed E-state index contributed by atoms with van der Waals surface area (Å²) in [6.45, 7) is 9.57. The van der Waals surface area contributed by atoms with Gasteiger partial charge in [0.25, 0.3) is 0 Å². The van der Waals surface area contributed by atoms with Crippen LogP contribution in [0.5, 0.6) is 5.75 Å².